The van der Waals surface area contributed by atoms with E-state index in [1.807, 2.05) is 0 Å². The minimum Gasteiger partial charge on any atom is -0.452 e. The minimum absolute atomic E-state index is 0.124. The van der Waals surface area contributed by atoms with Gasteiger partial charge in [-0.15, -0.1) is 0 Å². The fourth-order valence-corrected chi connectivity index (χ4v) is 3.69. The number of benzene rings is 1. The van der Waals surface area contributed by atoms with Crippen LogP contribution < -0.4 is 5.32 Å². The van der Waals surface area contributed by atoms with E-state index in [0.29, 0.717) is 28.4 Å². The van der Waals surface area contributed by atoms with Gasteiger partial charge >= 0.3 is 5.97 Å². The van der Waals surface area contributed by atoms with Gasteiger partial charge in [-0.1, -0.05) is 26.7 Å². The average Bonchev–Trinajstić information content (AvgIpc) is 2.63. The maximum atomic E-state index is 13.3. The molecule has 1 aliphatic rings. The number of fused-ring (bicyclic) bond motifs is 1. The van der Waals surface area contributed by atoms with Crippen LogP contribution in [0.15, 0.2) is 24.3 Å². The lowest BCUT2D eigenvalue weighted by molar-refractivity contribution is -0.125. The van der Waals surface area contributed by atoms with E-state index >= 15 is 0 Å². The molecular formula is C21H25FN2O3. The largest absolute Gasteiger partial charge is 0.452 e. The second-order valence-electron chi connectivity index (χ2n) is 7.48. The predicted molar refractivity (Wildman–Crippen MR) is 101 cm³/mol. The Bertz CT molecular complexity index is 868. The van der Waals surface area contributed by atoms with Crippen LogP contribution in [-0.2, 0) is 9.53 Å². The van der Waals surface area contributed by atoms with Crippen molar-refractivity contribution in [3.8, 4) is 0 Å². The molecule has 0 bridgehead atoms. The van der Waals surface area contributed by atoms with Crippen molar-refractivity contribution in [1.29, 1.82) is 0 Å². The maximum absolute atomic E-state index is 13.3. The number of carbonyl (C=O) groups excluding carboxylic acids is 2. The molecule has 1 fully saturated rings. The highest BCUT2D eigenvalue weighted by molar-refractivity contribution is 5.96. The number of amides is 1. The molecule has 3 atom stereocenters. The van der Waals surface area contributed by atoms with E-state index in [2.05, 4.69) is 24.1 Å². The SMILES string of the molecule is Cc1nc2cc(F)ccc2cc1C(=O)OCC(=O)N[C@@H]1CCC[C@H](C)[C@H]1C. The summed E-state index contributed by atoms with van der Waals surface area (Å²) in [6.07, 6.45) is 3.23. The summed E-state index contributed by atoms with van der Waals surface area (Å²) in [6.45, 7) is 5.68. The smallest absolute Gasteiger partial charge is 0.340 e. The Morgan fingerprint density at radius 3 is 2.81 bits per heavy atom. The van der Waals surface area contributed by atoms with Gasteiger partial charge in [-0.05, 0) is 43.4 Å². The molecule has 0 saturated heterocycles. The number of nitrogens with one attached hydrogen (secondary N) is 1. The summed E-state index contributed by atoms with van der Waals surface area (Å²) in [7, 11) is 0. The van der Waals surface area contributed by atoms with Gasteiger partial charge in [-0.2, -0.15) is 0 Å². The van der Waals surface area contributed by atoms with Crippen LogP contribution >= 0.6 is 0 Å². The van der Waals surface area contributed by atoms with Gasteiger partial charge in [0, 0.05) is 17.5 Å². The second-order valence-corrected chi connectivity index (χ2v) is 7.48. The highest BCUT2D eigenvalue weighted by atomic mass is 19.1. The Kier molecular flexibility index (Phi) is 5.73. The number of rotatable bonds is 4. The maximum Gasteiger partial charge on any atom is 0.340 e. The Morgan fingerprint density at radius 1 is 1.26 bits per heavy atom. The molecule has 2 aromatic rings. The quantitative estimate of drug-likeness (QED) is 0.830. The van der Waals surface area contributed by atoms with Crippen molar-refractivity contribution in [1.82, 2.24) is 10.3 Å². The van der Waals surface area contributed by atoms with Crippen LogP contribution in [0.2, 0.25) is 0 Å². The van der Waals surface area contributed by atoms with Crippen LogP contribution in [0.1, 0.15) is 49.2 Å². The number of hydrogen-bond acceptors (Lipinski definition) is 4. The van der Waals surface area contributed by atoms with Crippen molar-refractivity contribution in [2.24, 2.45) is 11.8 Å². The lowest BCUT2D eigenvalue weighted by atomic mass is 9.78. The summed E-state index contributed by atoms with van der Waals surface area (Å²) in [5.41, 5.74) is 1.19. The molecule has 27 heavy (non-hydrogen) atoms. The lowest BCUT2D eigenvalue weighted by Gasteiger charge is -2.34. The molecule has 1 heterocycles. The molecule has 1 saturated carbocycles. The zero-order valence-electron chi connectivity index (χ0n) is 15.9. The fraction of sp³-hybridized carbons (Fsp3) is 0.476. The van der Waals surface area contributed by atoms with Crippen LogP contribution in [0.4, 0.5) is 4.39 Å². The van der Waals surface area contributed by atoms with Gasteiger partial charge < -0.3 is 10.1 Å². The number of hydrogen-bond donors (Lipinski definition) is 1. The first-order chi connectivity index (χ1) is 12.8. The Balaban J connectivity index is 1.62. The topological polar surface area (TPSA) is 68.3 Å². The molecule has 1 N–H and O–H groups in total. The Labute approximate surface area is 158 Å². The monoisotopic (exact) mass is 372 g/mol. The van der Waals surface area contributed by atoms with E-state index in [0.717, 1.165) is 12.8 Å². The van der Waals surface area contributed by atoms with Crippen molar-refractivity contribution in [3.63, 3.8) is 0 Å². The summed E-state index contributed by atoms with van der Waals surface area (Å²) in [4.78, 5) is 28.8. The average molecular weight is 372 g/mol. The third-order valence-corrected chi connectivity index (χ3v) is 5.58. The number of aromatic nitrogens is 1. The minimum atomic E-state index is -0.605. The molecule has 1 aromatic carbocycles. The van der Waals surface area contributed by atoms with Gasteiger partial charge in [-0.3, -0.25) is 9.78 Å². The molecule has 1 amide bonds. The summed E-state index contributed by atoms with van der Waals surface area (Å²) >= 11 is 0. The molecule has 0 aliphatic heterocycles. The van der Waals surface area contributed by atoms with E-state index in [-0.39, 0.29) is 29.9 Å². The van der Waals surface area contributed by atoms with E-state index in [1.165, 1.54) is 18.6 Å². The number of halogens is 1. The van der Waals surface area contributed by atoms with Gasteiger partial charge in [0.1, 0.15) is 5.82 Å². The number of aryl methyl sites for hydroxylation is 1. The molecule has 6 heteroatoms. The van der Waals surface area contributed by atoms with E-state index in [4.69, 9.17) is 4.74 Å². The number of esters is 1. The van der Waals surface area contributed by atoms with E-state index < -0.39 is 5.97 Å². The van der Waals surface area contributed by atoms with Crippen LogP contribution in [0, 0.1) is 24.6 Å². The van der Waals surface area contributed by atoms with Crippen LogP contribution in [-0.4, -0.2) is 29.5 Å². The van der Waals surface area contributed by atoms with Crippen LogP contribution in [0.5, 0.6) is 0 Å². The summed E-state index contributed by atoms with van der Waals surface area (Å²) in [5, 5.41) is 3.62. The Hall–Kier alpha value is -2.50. The van der Waals surface area contributed by atoms with Crippen molar-refractivity contribution in [2.45, 2.75) is 46.1 Å². The van der Waals surface area contributed by atoms with Crippen molar-refractivity contribution in [2.75, 3.05) is 6.61 Å². The summed E-state index contributed by atoms with van der Waals surface area (Å²) < 4.78 is 18.5. The molecule has 0 radical (unpaired) electrons. The van der Waals surface area contributed by atoms with Gasteiger partial charge in [0.25, 0.3) is 5.91 Å². The third-order valence-electron chi connectivity index (χ3n) is 5.58. The summed E-state index contributed by atoms with van der Waals surface area (Å²) in [5.74, 6) is -0.296. The zero-order chi connectivity index (χ0) is 19.6. The predicted octanol–water partition coefficient (Wildman–Crippen LogP) is 3.78. The molecule has 3 rings (SSSR count). The standard InChI is InChI=1S/C21H25FN2O3/c1-12-5-4-6-18(13(12)2)24-20(25)11-27-21(26)17-9-15-7-8-16(22)10-19(15)23-14(17)3/h7-10,12-13,18H,4-6,11H2,1-3H3,(H,24,25)/t12-,13+,18+/m0/s1. The summed E-state index contributed by atoms with van der Waals surface area (Å²) in [6, 6.07) is 5.93. The number of carbonyl (C=O) groups is 2. The van der Waals surface area contributed by atoms with E-state index in [9.17, 15) is 14.0 Å². The Morgan fingerprint density at radius 2 is 2.04 bits per heavy atom. The van der Waals surface area contributed by atoms with Crippen molar-refractivity contribution >= 4 is 22.8 Å². The van der Waals surface area contributed by atoms with Gasteiger partial charge in [0.2, 0.25) is 0 Å². The van der Waals surface area contributed by atoms with Gasteiger partial charge in [-0.25, -0.2) is 9.18 Å². The molecule has 1 aromatic heterocycles. The number of ether oxygens (including phenoxy) is 1. The highest BCUT2D eigenvalue weighted by Crippen LogP contribution is 2.29. The molecule has 0 unspecified atom stereocenters. The lowest BCUT2D eigenvalue weighted by Crippen LogP contribution is -2.45. The van der Waals surface area contributed by atoms with Crippen LogP contribution in [0.3, 0.4) is 0 Å². The van der Waals surface area contributed by atoms with Crippen LogP contribution in [0.25, 0.3) is 10.9 Å². The van der Waals surface area contributed by atoms with Crippen molar-refractivity contribution < 1.29 is 18.7 Å². The molecular weight excluding hydrogens is 347 g/mol. The molecule has 5 nitrogen and oxygen atoms in total. The number of pyridine rings is 1. The third kappa shape index (κ3) is 4.43. The van der Waals surface area contributed by atoms with E-state index in [1.54, 1.807) is 19.1 Å². The van der Waals surface area contributed by atoms with Crippen molar-refractivity contribution in [3.05, 3.63) is 41.3 Å². The normalized spacial score (nSPS) is 22.4. The first-order valence-electron chi connectivity index (χ1n) is 9.38. The van der Waals surface area contributed by atoms with Gasteiger partial charge in [0.05, 0.1) is 16.8 Å². The first kappa shape index (κ1) is 19.3. The van der Waals surface area contributed by atoms with Gasteiger partial charge in [0.15, 0.2) is 6.61 Å². The first-order valence-corrected chi connectivity index (χ1v) is 9.38. The molecule has 144 valence electrons. The highest BCUT2D eigenvalue weighted by Gasteiger charge is 2.28. The number of nitrogens with zero attached hydrogens (tertiary/aromatic N) is 1. The molecule has 1 aliphatic carbocycles. The zero-order valence-corrected chi connectivity index (χ0v) is 15.9. The fourth-order valence-electron chi connectivity index (χ4n) is 3.69. The second kappa shape index (κ2) is 8.03. The molecule has 0 spiro atoms.